The molecule has 2 rings (SSSR count). The first-order valence-electron chi connectivity index (χ1n) is 9.29. The predicted octanol–water partition coefficient (Wildman–Crippen LogP) is 4.15. The number of rotatable bonds is 8. The molecule has 0 bridgehead atoms. The lowest BCUT2D eigenvalue weighted by atomic mass is 9.93. The summed E-state index contributed by atoms with van der Waals surface area (Å²) in [6.45, 7) is 11.4. The first kappa shape index (κ1) is 16.3. The van der Waals surface area contributed by atoms with Crippen molar-refractivity contribution in [2.45, 2.75) is 77.7 Å². The van der Waals surface area contributed by atoms with Gasteiger partial charge in [0, 0.05) is 12.6 Å². The third-order valence-corrected chi connectivity index (χ3v) is 5.52. The molecule has 1 saturated heterocycles. The van der Waals surface area contributed by atoms with Crippen LogP contribution in [0, 0.1) is 5.92 Å². The molecule has 0 N–H and O–H groups in total. The Morgan fingerprint density at radius 2 is 1.85 bits per heavy atom. The van der Waals surface area contributed by atoms with Crippen LogP contribution in [0.15, 0.2) is 0 Å². The molecule has 2 fully saturated rings. The summed E-state index contributed by atoms with van der Waals surface area (Å²) in [7, 11) is 0. The number of hydrogen-bond acceptors (Lipinski definition) is 2. The minimum Gasteiger partial charge on any atom is -0.303 e. The second kappa shape index (κ2) is 9.04. The zero-order valence-corrected chi connectivity index (χ0v) is 13.9. The summed E-state index contributed by atoms with van der Waals surface area (Å²) in [5, 5.41) is 0. The molecular weight excluding hydrogens is 244 g/mol. The fourth-order valence-electron chi connectivity index (χ4n) is 4.13. The van der Waals surface area contributed by atoms with Gasteiger partial charge in [-0.2, -0.15) is 0 Å². The van der Waals surface area contributed by atoms with E-state index < -0.39 is 0 Å². The molecule has 20 heavy (non-hydrogen) atoms. The van der Waals surface area contributed by atoms with Crippen LogP contribution in [0.1, 0.15) is 71.6 Å². The first-order valence-corrected chi connectivity index (χ1v) is 9.29. The van der Waals surface area contributed by atoms with Crippen LogP contribution in [-0.2, 0) is 0 Å². The molecule has 0 aromatic rings. The largest absolute Gasteiger partial charge is 0.303 e. The lowest BCUT2D eigenvalue weighted by molar-refractivity contribution is 0.153. The van der Waals surface area contributed by atoms with Crippen LogP contribution in [-0.4, -0.2) is 48.6 Å². The van der Waals surface area contributed by atoms with E-state index in [1.807, 2.05) is 0 Å². The molecule has 1 atom stereocenters. The van der Waals surface area contributed by atoms with Gasteiger partial charge in [0.1, 0.15) is 0 Å². The smallest absolute Gasteiger partial charge is 0.00951 e. The molecule has 2 nitrogen and oxygen atoms in total. The van der Waals surface area contributed by atoms with E-state index >= 15 is 0 Å². The summed E-state index contributed by atoms with van der Waals surface area (Å²) < 4.78 is 0. The summed E-state index contributed by atoms with van der Waals surface area (Å²) in [4.78, 5) is 5.49. The number of nitrogens with zero attached hydrogens (tertiary/aromatic N) is 2. The molecule has 2 aliphatic rings. The average molecular weight is 280 g/mol. The molecule has 0 amide bonds. The summed E-state index contributed by atoms with van der Waals surface area (Å²) in [6, 6.07) is 0.909. The van der Waals surface area contributed by atoms with Gasteiger partial charge in [-0.1, -0.05) is 39.5 Å². The van der Waals surface area contributed by atoms with Crippen LogP contribution in [0.4, 0.5) is 0 Å². The monoisotopic (exact) mass is 280 g/mol. The van der Waals surface area contributed by atoms with E-state index in [1.54, 1.807) is 0 Å². The summed E-state index contributed by atoms with van der Waals surface area (Å²) >= 11 is 0. The van der Waals surface area contributed by atoms with Crippen LogP contribution in [0.2, 0.25) is 0 Å². The molecule has 1 saturated carbocycles. The average Bonchev–Trinajstić information content (AvgIpc) is 2.95. The molecule has 1 unspecified atom stereocenters. The minimum atomic E-state index is 0.909. The van der Waals surface area contributed by atoms with E-state index in [4.69, 9.17) is 0 Å². The van der Waals surface area contributed by atoms with Gasteiger partial charge in [-0.3, -0.25) is 0 Å². The Balaban J connectivity index is 1.65. The normalized spacial score (nSPS) is 25.6. The maximum absolute atomic E-state index is 2.79. The third kappa shape index (κ3) is 5.04. The molecule has 118 valence electrons. The molecule has 0 spiro atoms. The zero-order chi connectivity index (χ0) is 14.2. The molecule has 1 aliphatic heterocycles. The topological polar surface area (TPSA) is 6.48 Å². The van der Waals surface area contributed by atoms with Crippen molar-refractivity contribution >= 4 is 0 Å². The second-order valence-electron chi connectivity index (χ2n) is 7.02. The van der Waals surface area contributed by atoms with E-state index in [2.05, 4.69) is 23.6 Å². The third-order valence-electron chi connectivity index (χ3n) is 5.52. The quantitative estimate of drug-likeness (QED) is 0.659. The lowest BCUT2D eigenvalue weighted by Crippen LogP contribution is -2.38. The van der Waals surface area contributed by atoms with E-state index in [-0.39, 0.29) is 0 Å². The van der Waals surface area contributed by atoms with Gasteiger partial charge in [-0.15, -0.1) is 0 Å². The molecule has 0 aromatic heterocycles. The van der Waals surface area contributed by atoms with Crippen molar-refractivity contribution in [1.82, 2.24) is 9.80 Å². The van der Waals surface area contributed by atoms with Crippen molar-refractivity contribution < 1.29 is 0 Å². The summed E-state index contributed by atoms with van der Waals surface area (Å²) in [5.41, 5.74) is 0. The Labute approximate surface area is 126 Å². The molecule has 2 heteroatoms. The van der Waals surface area contributed by atoms with E-state index in [1.165, 1.54) is 90.5 Å². The van der Waals surface area contributed by atoms with Crippen LogP contribution >= 0.6 is 0 Å². The molecular formula is C18H36N2. The van der Waals surface area contributed by atoms with E-state index in [0.717, 1.165) is 12.0 Å². The maximum Gasteiger partial charge on any atom is 0.00951 e. The Kier molecular flexibility index (Phi) is 7.37. The lowest BCUT2D eigenvalue weighted by Gasteiger charge is -2.34. The van der Waals surface area contributed by atoms with Crippen LogP contribution in [0.25, 0.3) is 0 Å². The van der Waals surface area contributed by atoms with Gasteiger partial charge >= 0.3 is 0 Å². The standard InChI is InChI=1S/C18H36N2/c1-3-5-13-19-14-11-17(16-19)12-15-20(4-2)18-9-7-6-8-10-18/h17-18H,3-16H2,1-2H3. The van der Waals surface area contributed by atoms with Gasteiger partial charge in [0.05, 0.1) is 0 Å². The highest BCUT2D eigenvalue weighted by molar-refractivity contribution is 4.79. The predicted molar refractivity (Wildman–Crippen MR) is 88.2 cm³/mol. The van der Waals surface area contributed by atoms with E-state index in [9.17, 15) is 0 Å². The Morgan fingerprint density at radius 3 is 2.55 bits per heavy atom. The Morgan fingerprint density at radius 1 is 1.05 bits per heavy atom. The van der Waals surface area contributed by atoms with Crippen molar-refractivity contribution in [3.05, 3.63) is 0 Å². The van der Waals surface area contributed by atoms with Crippen LogP contribution < -0.4 is 0 Å². The number of likely N-dealkylation sites (tertiary alicyclic amines) is 1. The summed E-state index contributed by atoms with van der Waals surface area (Å²) in [6.07, 6.45) is 12.9. The fourth-order valence-corrected chi connectivity index (χ4v) is 4.13. The maximum atomic E-state index is 2.79. The SMILES string of the molecule is CCCCN1CCC(CCN(CC)C2CCCCC2)C1. The highest BCUT2D eigenvalue weighted by Gasteiger charge is 2.24. The zero-order valence-electron chi connectivity index (χ0n) is 13.9. The second-order valence-corrected chi connectivity index (χ2v) is 7.02. The molecule has 1 aliphatic carbocycles. The summed E-state index contributed by atoms with van der Waals surface area (Å²) in [5.74, 6) is 0.976. The molecule has 1 heterocycles. The van der Waals surface area contributed by atoms with Crippen molar-refractivity contribution in [3.63, 3.8) is 0 Å². The highest BCUT2D eigenvalue weighted by Crippen LogP contribution is 2.25. The van der Waals surface area contributed by atoms with Gasteiger partial charge in [-0.05, 0) is 64.2 Å². The van der Waals surface area contributed by atoms with Gasteiger partial charge in [0.15, 0.2) is 0 Å². The van der Waals surface area contributed by atoms with Crippen LogP contribution in [0.5, 0.6) is 0 Å². The number of hydrogen-bond donors (Lipinski definition) is 0. The molecule has 0 aromatic carbocycles. The van der Waals surface area contributed by atoms with E-state index in [0.29, 0.717) is 0 Å². The highest BCUT2D eigenvalue weighted by atomic mass is 15.2. The minimum absolute atomic E-state index is 0.909. The van der Waals surface area contributed by atoms with Gasteiger partial charge < -0.3 is 9.80 Å². The van der Waals surface area contributed by atoms with Gasteiger partial charge in [-0.25, -0.2) is 0 Å². The van der Waals surface area contributed by atoms with Crippen molar-refractivity contribution in [1.29, 1.82) is 0 Å². The molecule has 0 radical (unpaired) electrons. The number of unbranched alkanes of at least 4 members (excludes halogenated alkanes) is 1. The van der Waals surface area contributed by atoms with Gasteiger partial charge in [0.2, 0.25) is 0 Å². The Bertz CT molecular complexity index is 248. The first-order chi connectivity index (χ1) is 9.83. The van der Waals surface area contributed by atoms with Crippen molar-refractivity contribution in [2.75, 3.05) is 32.7 Å². The van der Waals surface area contributed by atoms with Crippen LogP contribution in [0.3, 0.4) is 0 Å². The fraction of sp³-hybridized carbons (Fsp3) is 1.00. The van der Waals surface area contributed by atoms with Gasteiger partial charge in [0.25, 0.3) is 0 Å². The van der Waals surface area contributed by atoms with Crippen molar-refractivity contribution in [3.8, 4) is 0 Å². The Hall–Kier alpha value is -0.0800. The van der Waals surface area contributed by atoms with Crippen molar-refractivity contribution in [2.24, 2.45) is 5.92 Å².